The zero-order chi connectivity index (χ0) is 17.4. The Morgan fingerprint density at radius 1 is 1.04 bits per heavy atom. The maximum Gasteiger partial charge on any atom is 0.325 e. The molecule has 126 valence electrons. The van der Waals surface area contributed by atoms with Crippen LogP contribution in [0.5, 0.6) is 5.75 Å². The molecule has 5 heteroatoms. The van der Waals surface area contributed by atoms with E-state index >= 15 is 0 Å². The number of hydrogen-bond donors (Lipinski definition) is 1. The number of benzene rings is 2. The Bertz CT molecular complexity index is 712. The topological polar surface area (TPSA) is 64.6 Å². The van der Waals surface area contributed by atoms with Gasteiger partial charge in [-0.3, -0.25) is 9.59 Å². The Kier molecular flexibility index (Phi) is 6.37. The van der Waals surface area contributed by atoms with Gasteiger partial charge in [0, 0.05) is 0 Å². The first-order chi connectivity index (χ1) is 11.6. The van der Waals surface area contributed by atoms with Crippen LogP contribution in [0.4, 0.5) is 0 Å². The number of ether oxygens (including phenoxy) is 2. The molecule has 1 amide bonds. The van der Waals surface area contributed by atoms with E-state index in [1.165, 1.54) is 0 Å². The minimum absolute atomic E-state index is 0.189. The zero-order valence-electron chi connectivity index (χ0n) is 13.9. The van der Waals surface area contributed by atoms with Gasteiger partial charge < -0.3 is 14.8 Å². The van der Waals surface area contributed by atoms with Crippen molar-refractivity contribution in [3.63, 3.8) is 0 Å². The lowest BCUT2D eigenvalue weighted by molar-refractivity contribution is -0.143. The predicted molar refractivity (Wildman–Crippen MR) is 90.9 cm³/mol. The maximum absolute atomic E-state index is 12.2. The van der Waals surface area contributed by atoms with Crippen molar-refractivity contribution in [1.29, 1.82) is 0 Å². The van der Waals surface area contributed by atoms with Crippen LogP contribution in [0.25, 0.3) is 0 Å². The highest BCUT2D eigenvalue weighted by Gasteiger charge is 2.13. The van der Waals surface area contributed by atoms with Gasteiger partial charge in [-0.05, 0) is 37.1 Å². The summed E-state index contributed by atoms with van der Waals surface area (Å²) in [5.41, 5.74) is 2.39. The molecule has 0 aromatic heterocycles. The summed E-state index contributed by atoms with van der Waals surface area (Å²) in [6.07, 6.45) is 0. The largest absolute Gasteiger partial charge is 0.493 e. The van der Waals surface area contributed by atoms with Gasteiger partial charge in [0.25, 0.3) is 5.91 Å². The van der Waals surface area contributed by atoms with Crippen LogP contribution in [-0.2, 0) is 16.1 Å². The number of hydrogen-bond acceptors (Lipinski definition) is 4. The first kappa shape index (κ1) is 17.5. The molecule has 0 aliphatic carbocycles. The monoisotopic (exact) mass is 327 g/mol. The first-order valence-corrected chi connectivity index (χ1v) is 7.82. The molecular weight excluding hydrogens is 306 g/mol. The Balaban J connectivity index is 1.85. The molecule has 0 aliphatic heterocycles. The molecule has 0 atom stereocenters. The van der Waals surface area contributed by atoms with Crippen molar-refractivity contribution in [3.8, 4) is 5.75 Å². The van der Waals surface area contributed by atoms with E-state index in [1.807, 2.05) is 38.1 Å². The average molecular weight is 327 g/mol. The smallest absolute Gasteiger partial charge is 0.325 e. The lowest BCUT2D eigenvalue weighted by Crippen LogP contribution is -2.30. The predicted octanol–water partition coefficient (Wildman–Crippen LogP) is 2.87. The number of carbonyl (C=O) groups excluding carboxylic acids is 2. The molecule has 0 saturated carbocycles. The second-order valence-electron chi connectivity index (χ2n) is 5.20. The molecule has 0 fully saturated rings. The summed E-state index contributed by atoms with van der Waals surface area (Å²) in [5.74, 6) is -0.363. The minimum Gasteiger partial charge on any atom is -0.493 e. The minimum atomic E-state index is -0.486. The summed E-state index contributed by atoms with van der Waals surface area (Å²) in [6, 6.07) is 14.6. The molecule has 0 unspecified atom stereocenters. The molecule has 0 heterocycles. The molecule has 2 aromatic rings. The van der Waals surface area contributed by atoms with Gasteiger partial charge in [-0.1, -0.05) is 36.4 Å². The van der Waals surface area contributed by atoms with Gasteiger partial charge in [0.05, 0.1) is 12.2 Å². The third-order valence-electron chi connectivity index (χ3n) is 3.47. The van der Waals surface area contributed by atoms with Crippen LogP contribution in [0.15, 0.2) is 48.5 Å². The van der Waals surface area contributed by atoms with Crippen molar-refractivity contribution >= 4 is 11.9 Å². The zero-order valence-corrected chi connectivity index (χ0v) is 13.9. The van der Waals surface area contributed by atoms with Crippen LogP contribution in [-0.4, -0.2) is 25.0 Å². The molecule has 2 aromatic carbocycles. The Hall–Kier alpha value is -2.82. The molecule has 0 radical (unpaired) electrons. The van der Waals surface area contributed by atoms with Gasteiger partial charge in [-0.15, -0.1) is 0 Å². The van der Waals surface area contributed by atoms with Crippen molar-refractivity contribution in [3.05, 3.63) is 65.2 Å². The van der Waals surface area contributed by atoms with Crippen molar-refractivity contribution in [2.45, 2.75) is 20.5 Å². The summed E-state index contributed by atoms with van der Waals surface area (Å²) in [5, 5.41) is 2.55. The molecular formula is C19H21NO4. The van der Waals surface area contributed by atoms with E-state index in [0.29, 0.717) is 17.9 Å². The summed E-state index contributed by atoms with van der Waals surface area (Å²) in [4.78, 5) is 24.0. The van der Waals surface area contributed by atoms with Gasteiger partial charge in [-0.2, -0.15) is 0 Å². The summed E-state index contributed by atoms with van der Waals surface area (Å²) < 4.78 is 10.6. The molecule has 0 bridgehead atoms. The summed E-state index contributed by atoms with van der Waals surface area (Å²) >= 11 is 0. The van der Waals surface area contributed by atoms with Crippen LogP contribution in [0.1, 0.15) is 28.4 Å². The second-order valence-corrected chi connectivity index (χ2v) is 5.20. The normalized spacial score (nSPS) is 10.1. The van der Waals surface area contributed by atoms with Crippen molar-refractivity contribution in [2.24, 2.45) is 0 Å². The van der Waals surface area contributed by atoms with E-state index in [4.69, 9.17) is 9.47 Å². The number of amides is 1. The Morgan fingerprint density at radius 3 is 2.50 bits per heavy atom. The molecule has 1 N–H and O–H groups in total. The van der Waals surface area contributed by atoms with E-state index < -0.39 is 5.97 Å². The second kappa shape index (κ2) is 8.72. The molecule has 0 saturated heterocycles. The Morgan fingerprint density at radius 2 is 1.75 bits per heavy atom. The fourth-order valence-corrected chi connectivity index (χ4v) is 2.16. The number of para-hydroxylation sites is 1. The molecule has 5 nitrogen and oxygen atoms in total. The van der Waals surface area contributed by atoms with Gasteiger partial charge in [0.15, 0.2) is 0 Å². The van der Waals surface area contributed by atoms with Crippen LogP contribution < -0.4 is 10.1 Å². The third-order valence-corrected chi connectivity index (χ3v) is 3.47. The Labute approximate surface area is 141 Å². The van der Waals surface area contributed by atoms with Crippen LogP contribution in [0.3, 0.4) is 0 Å². The van der Waals surface area contributed by atoms with Crippen molar-refractivity contribution in [2.75, 3.05) is 13.2 Å². The quantitative estimate of drug-likeness (QED) is 0.794. The van der Waals surface area contributed by atoms with Crippen LogP contribution in [0, 0.1) is 6.92 Å². The average Bonchev–Trinajstić information content (AvgIpc) is 2.60. The maximum atomic E-state index is 12.2. The summed E-state index contributed by atoms with van der Waals surface area (Å²) in [6.45, 7) is 4.26. The molecule has 0 aliphatic rings. The standard InChI is InChI=1S/C19H21NO4/c1-3-23-17-11-7-6-10-16(17)19(22)20-12-18(21)24-13-15-9-5-4-8-14(15)2/h4-11H,3,12-13H2,1-2H3,(H,20,22). The number of nitrogens with one attached hydrogen (secondary N) is 1. The van der Waals surface area contributed by atoms with Crippen LogP contribution >= 0.6 is 0 Å². The highest BCUT2D eigenvalue weighted by molar-refractivity contribution is 5.98. The third kappa shape index (κ3) is 4.84. The highest BCUT2D eigenvalue weighted by Crippen LogP contribution is 2.17. The van der Waals surface area contributed by atoms with Gasteiger partial charge in [-0.25, -0.2) is 0 Å². The van der Waals surface area contributed by atoms with E-state index in [1.54, 1.807) is 24.3 Å². The van der Waals surface area contributed by atoms with Crippen LogP contribution in [0.2, 0.25) is 0 Å². The van der Waals surface area contributed by atoms with Crippen molar-refractivity contribution < 1.29 is 19.1 Å². The number of rotatable bonds is 7. The van der Waals surface area contributed by atoms with E-state index in [2.05, 4.69) is 5.32 Å². The number of aryl methyl sites for hydroxylation is 1. The fraction of sp³-hybridized carbons (Fsp3) is 0.263. The lowest BCUT2D eigenvalue weighted by Gasteiger charge is -2.11. The van der Waals surface area contributed by atoms with Gasteiger partial charge >= 0.3 is 5.97 Å². The number of carbonyl (C=O) groups is 2. The van der Waals surface area contributed by atoms with Crippen molar-refractivity contribution in [1.82, 2.24) is 5.32 Å². The first-order valence-electron chi connectivity index (χ1n) is 7.82. The summed E-state index contributed by atoms with van der Waals surface area (Å²) in [7, 11) is 0. The van der Waals surface area contributed by atoms with Gasteiger partial charge in [0.2, 0.25) is 0 Å². The lowest BCUT2D eigenvalue weighted by atomic mass is 10.1. The SMILES string of the molecule is CCOc1ccccc1C(=O)NCC(=O)OCc1ccccc1C. The van der Waals surface area contributed by atoms with E-state index in [-0.39, 0.29) is 19.1 Å². The number of esters is 1. The molecule has 0 spiro atoms. The van der Waals surface area contributed by atoms with E-state index in [0.717, 1.165) is 11.1 Å². The molecule has 2 rings (SSSR count). The fourth-order valence-electron chi connectivity index (χ4n) is 2.16. The van der Waals surface area contributed by atoms with E-state index in [9.17, 15) is 9.59 Å². The van der Waals surface area contributed by atoms with Gasteiger partial charge in [0.1, 0.15) is 18.9 Å². The highest BCUT2D eigenvalue weighted by atomic mass is 16.5. The molecule has 24 heavy (non-hydrogen) atoms.